The second-order valence-electron chi connectivity index (χ2n) is 18.9. The van der Waals surface area contributed by atoms with E-state index in [2.05, 4.69) is 37.2 Å². The van der Waals surface area contributed by atoms with E-state index in [1.807, 2.05) is 24.3 Å². The van der Waals surface area contributed by atoms with E-state index in [0.717, 1.165) is 10.0 Å². The fourth-order valence-corrected chi connectivity index (χ4v) is 8.73. The Bertz CT molecular complexity index is 2350. The van der Waals surface area contributed by atoms with Crippen LogP contribution in [0.3, 0.4) is 0 Å². The van der Waals surface area contributed by atoms with Crippen molar-refractivity contribution in [1.82, 2.24) is 45.8 Å². The number of nitrogens with zero attached hydrogens (tertiary/aromatic N) is 5. The van der Waals surface area contributed by atoms with Gasteiger partial charge in [-0.3, -0.25) is 58.0 Å². The Kier molecular flexibility index (Phi) is 29.5. The van der Waals surface area contributed by atoms with E-state index in [9.17, 15) is 83.4 Å². The van der Waals surface area contributed by atoms with Gasteiger partial charge in [-0.25, -0.2) is 14.4 Å². The summed E-state index contributed by atoms with van der Waals surface area (Å²) in [5, 5.41) is 76.5. The smallest absolute Gasteiger partial charge is 0.326 e. The van der Waals surface area contributed by atoms with E-state index in [0.29, 0.717) is 30.4 Å². The van der Waals surface area contributed by atoms with Gasteiger partial charge in [0, 0.05) is 108 Å². The molecule has 0 aromatic heterocycles. The number of urea groups is 1. The zero-order valence-electron chi connectivity index (χ0n) is 43.8. The molecule has 0 saturated carbocycles. The molecule has 11 N–H and O–H groups in total. The lowest BCUT2D eigenvalue weighted by Crippen LogP contribution is -2.52. The first-order valence-corrected chi connectivity index (χ1v) is 26.5. The minimum atomic E-state index is -1.55. The van der Waals surface area contributed by atoms with Crippen molar-refractivity contribution < 1.29 is 88.5 Å². The van der Waals surface area contributed by atoms with Crippen LogP contribution < -0.4 is 21.3 Å². The van der Waals surface area contributed by atoms with Crippen LogP contribution in [0.2, 0.25) is 0 Å². The Morgan fingerprint density at radius 1 is 0.519 bits per heavy atom. The summed E-state index contributed by atoms with van der Waals surface area (Å²) in [6.07, 6.45) is 0.364. The molecule has 0 bridgehead atoms. The van der Waals surface area contributed by atoms with Gasteiger partial charge in [0.15, 0.2) is 0 Å². The van der Waals surface area contributed by atoms with Gasteiger partial charge in [0.1, 0.15) is 18.1 Å². The van der Waals surface area contributed by atoms with E-state index in [1.165, 1.54) is 0 Å². The summed E-state index contributed by atoms with van der Waals surface area (Å²) in [6, 6.07) is 8.60. The fraction of sp³-hybridized carbons (Fsp3) is 0.549. The molecule has 1 aliphatic rings. The van der Waals surface area contributed by atoms with Gasteiger partial charge in [-0.15, -0.1) is 0 Å². The Hall–Kier alpha value is -7.27. The van der Waals surface area contributed by atoms with Crippen molar-refractivity contribution in [3.63, 3.8) is 0 Å². The highest BCUT2D eigenvalue weighted by molar-refractivity contribution is 9.10. The van der Waals surface area contributed by atoms with Gasteiger partial charge in [0.2, 0.25) is 11.8 Å². The van der Waals surface area contributed by atoms with Gasteiger partial charge in [-0.2, -0.15) is 0 Å². The molecule has 3 rings (SSSR count). The van der Waals surface area contributed by atoms with Crippen molar-refractivity contribution in [3.05, 3.63) is 69.7 Å². The average Bonchev–Trinajstić information content (AvgIpc) is 3.38. The number of carbonyl (C=O) groups excluding carboxylic acids is 4. The van der Waals surface area contributed by atoms with Crippen molar-refractivity contribution in [2.24, 2.45) is 0 Å². The minimum absolute atomic E-state index is 0.0456. The Morgan fingerprint density at radius 2 is 1.03 bits per heavy atom. The van der Waals surface area contributed by atoms with Crippen LogP contribution >= 0.6 is 15.9 Å². The summed E-state index contributed by atoms with van der Waals surface area (Å²) in [5.74, 6) is -9.69. The van der Waals surface area contributed by atoms with E-state index in [1.54, 1.807) is 48.8 Å². The summed E-state index contributed by atoms with van der Waals surface area (Å²) >= 11 is 3.39. The van der Waals surface area contributed by atoms with Gasteiger partial charge < -0.3 is 61.9 Å². The standard InChI is InChI=1S/C51H72BrN9O18/c52-37-13-9-35(10-14-37)30-61(20-4-2-5-38(48(73)74)55-51(79)56-39(49(75)76)15-18-43(64)65)42(63)6-1-3-19-53-47(72)36-11-7-34(8-12-36)29-54-41(62)17-16-40(50(77)78)60-27-25-58(32-45(68)69)23-21-57(31-44(66)67)22-24-59(26-28-60)33-46(70)71/h7-14,38-40H,1-6,15-33H2,(H,53,72)(H,54,62)(H,64,65)(H,66,67)(H,68,69)(H,70,71)(H,73,74)(H,75,76)(H,77,78)(H2,55,56,79)/t38-,39-,40?/m1/s1. The molecule has 0 spiro atoms. The second kappa shape index (κ2) is 35.3. The number of halogens is 1. The molecule has 1 unspecified atom stereocenters. The lowest BCUT2D eigenvalue weighted by atomic mass is 10.1. The van der Waals surface area contributed by atoms with Gasteiger partial charge in [-0.1, -0.05) is 40.2 Å². The van der Waals surface area contributed by atoms with Gasteiger partial charge in [0.25, 0.3) is 5.91 Å². The summed E-state index contributed by atoms with van der Waals surface area (Å²) in [7, 11) is 0. The number of hydrogen-bond donors (Lipinski definition) is 11. The molecule has 2 aromatic rings. The van der Waals surface area contributed by atoms with Crippen LogP contribution in [0.25, 0.3) is 0 Å². The first-order valence-electron chi connectivity index (χ1n) is 25.7. The number of unbranched alkanes of at least 4 members (excludes halogenated alkanes) is 2. The maximum Gasteiger partial charge on any atom is 0.326 e. The predicted octanol–water partition coefficient (Wildman–Crippen LogP) is 0.944. The Balaban J connectivity index is 1.49. The Morgan fingerprint density at radius 3 is 1.52 bits per heavy atom. The van der Waals surface area contributed by atoms with E-state index < -0.39 is 84.7 Å². The maximum absolute atomic E-state index is 13.5. The van der Waals surface area contributed by atoms with Crippen LogP contribution in [-0.4, -0.2) is 229 Å². The molecule has 3 atom stereocenters. The molecule has 79 heavy (non-hydrogen) atoms. The van der Waals surface area contributed by atoms with Crippen LogP contribution in [-0.2, 0) is 56.2 Å². The quantitative estimate of drug-likeness (QED) is 0.0443. The third-order valence-electron chi connectivity index (χ3n) is 12.8. The number of carboxylic acid groups (broad SMARTS) is 7. The zero-order valence-corrected chi connectivity index (χ0v) is 45.3. The number of nitrogens with one attached hydrogen (secondary N) is 4. The molecule has 436 valence electrons. The molecule has 1 heterocycles. The number of aliphatic carboxylic acids is 7. The van der Waals surface area contributed by atoms with E-state index in [-0.39, 0.29) is 142 Å². The zero-order chi connectivity index (χ0) is 58.4. The lowest BCUT2D eigenvalue weighted by Gasteiger charge is -2.35. The highest BCUT2D eigenvalue weighted by Gasteiger charge is 2.29. The first kappa shape index (κ1) is 66.0. The molecule has 1 saturated heterocycles. The van der Waals surface area contributed by atoms with Crippen molar-refractivity contribution >= 4 is 81.5 Å². The highest BCUT2D eigenvalue weighted by atomic mass is 79.9. The van der Waals surface area contributed by atoms with Crippen LogP contribution in [0, 0.1) is 0 Å². The lowest BCUT2D eigenvalue weighted by molar-refractivity contribution is -0.145. The SMILES string of the molecule is O=C(O)CC[C@@H](NC(=O)N[C@H](CCCCN(Cc1ccc(Br)cc1)C(=O)CCCCNC(=O)c1ccc(CNC(=O)CCC(C(=O)O)N2CCN(CC(=O)O)CCN(CC(=O)O)CCN(CC(=O)O)CC2)cc1)C(=O)O)C(=O)O. The molecule has 27 nitrogen and oxygen atoms in total. The topological polar surface area (TPSA) is 394 Å². The molecule has 0 radical (unpaired) electrons. The number of rotatable bonds is 33. The van der Waals surface area contributed by atoms with Crippen molar-refractivity contribution in [2.75, 3.05) is 85.1 Å². The highest BCUT2D eigenvalue weighted by Crippen LogP contribution is 2.16. The summed E-state index contributed by atoms with van der Waals surface area (Å²) in [6.45, 7) is 0.728. The molecular formula is C51H72BrN9O18. The Labute approximate surface area is 464 Å². The van der Waals surface area contributed by atoms with Crippen LogP contribution in [0.5, 0.6) is 0 Å². The number of carboxylic acids is 7. The minimum Gasteiger partial charge on any atom is -0.481 e. The van der Waals surface area contributed by atoms with Gasteiger partial charge in [-0.05, 0) is 80.3 Å². The third-order valence-corrected chi connectivity index (χ3v) is 13.3. The summed E-state index contributed by atoms with van der Waals surface area (Å²) in [5.41, 5.74) is 1.83. The average molecular weight is 1180 g/mol. The van der Waals surface area contributed by atoms with E-state index >= 15 is 0 Å². The largest absolute Gasteiger partial charge is 0.481 e. The fourth-order valence-electron chi connectivity index (χ4n) is 8.46. The third kappa shape index (κ3) is 27.2. The van der Waals surface area contributed by atoms with Gasteiger partial charge >= 0.3 is 47.8 Å². The number of hydrogen-bond acceptors (Lipinski definition) is 15. The number of carbonyl (C=O) groups is 11. The first-order chi connectivity index (χ1) is 37.5. The molecular weight excluding hydrogens is 1110 g/mol. The molecule has 28 heteroatoms. The van der Waals surface area contributed by atoms with Crippen molar-refractivity contribution in [3.8, 4) is 0 Å². The molecule has 0 aliphatic carbocycles. The van der Waals surface area contributed by atoms with Crippen molar-refractivity contribution in [1.29, 1.82) is 0 Å². The molecule has 1 fully saturated rings. The molecule has 5 amide bonds. The predicted molar refractivity (Wildman–Crippen MR) is 284 cm³/mol. The van der Waals surface area contributed by atoms with E-state index in [4.69, 9.17) is 5.11 Å². The number of benzene rings is 2. The normalized spacial score (nSPS) is 15.2. The monoisotopic (exact) mass is 1180 g/mol. The summed E-state index contributed by atoms with van der Waals surface area (Å²) < 4.78 is 0.841. The van der Waals surface area contributed by atoms with Crippen molar-refractivity contribution in [2.45, 2.75) is 95.4 Å². The molecule has 2 aromatic carbocycles. The maximum atomic E-state index is 13.5. The van der Waals surface area contributed by atoms with Crippen LogP contribution in [0.15, 0.2) is 53.0 Å². The molecule has 1 aliphatic heterocycles. The van der Waals surface area contributed by atoms with Gasteiger partial charge in [0.05, 0.1) is 19.6 Å². The number of amides is 5. The van der Waals surface area contributed by atoms with Crippen LogP contribution in [0.1, 0.15) is 85.7 Å². The summed E-state index contributed by atoms with van der Waals surface area (Å²) in [4.78, 5) is 142. The van der Waals surface area contributed by atoms with Crippen LogP contribution in [0.4, 0.5) is 4.79 Å². The second-order valence-corrected chi connectivity index (χ2v) is 19.8.